The van der Waals surface area contributed by atoms with Crippen molar-refractivity contribution in [3.63, 3.8) is 0 Å². The normalized spacial score (nSPS) is 10.4. The minimum absolute atomic E-state index is 0.0137. The van der Waals surface area contributed by atoms with E-state index in [0.29, 0.717) is 5.56 Å². The first kappa shape index (κ1) is 18.7. The van der Waals surface area contributed by atoms with Gasteiger partial charge in [-0.05, 0) is 42.7 Å². The van der Waals surface area contributed by atoms with Gasteiger partial charge >= 0.3 is 5.97 Å². The van der Waals surface area contributed by atoms with Crippen LogP contribution in [-0.4, -0.2) is 23.4 Å². The van der Waals surface area contributed by atoms with E-state index >= 15 is 0 Å². The van der Waals surface area contributed by atoms with E-state index in [4.69, 9.17) is 5.11 Å². The van der Waals surface area contributed by atoms with Crippen molar-refractivity contribution in [2.75, 3.05) is 11.9 Å². The predicted octanol–water partition coefficient (Wildman–Crippen LogP) is 4.80. The molecule has 0 spiro atoms. The number of carbonyl (C=O) groups excluding carboxylic acids is 1. The average molecular weight is 339 g/mol. The highest BCUT2D eigenvalue weighted by Gasteiger charge is 2.07. The molecule has 132 valence electrons. The molecule has 0 aromatic heterocycles. The van der Waals surface area contributed by atoms with Crippen LogP contribution in [0.3, 0.4) is 0 Å². The third-order valence-electron chi connectivity index (χ3n) is 4.18. The number of anilines is 1. The lowest BCUT2D eigenvalue weighted by Crippen LogP contribution is -2.14. The number of nitrogens with one attached hydrogen (secondary N) is 1. The average Bonchev–Trinajstić information content (AvgIpc) is 2.64. The number of carbonyl (C=O) groups is 2. The molecule has 0 aliphatic rings. The molecule has 0 radical (unpaired) electrons. The van der Waals surface area contributed by atoms with E-state index in [0.717, 1.165) is 12.1 Å². The Kier molecular flexibility index (Phi) is 7.20. The second-order valence-electron chi connectivity index (χ2n) is 6.17. The Morgan fingerprint density at radius 1 is 0.880 bits per heavy atom. The summed E-state index contributed by atoms with van der Waals surface area (Å²) in [6.45, 7) is 2.39. The highest BCUT2D eigenvalue weighted by atomic mass is 16.4. The van der Waals surface area contributed by atoms with Gasteiger partial charge in [-0.15, -0.1) is 0 Å². The van der Waals surface area contributed by atoms with E-state index in [1.807, 2.05) is 24.3 Å². The third kappa shape index (κ3) is 6.07. The predicted molar refractivity (Wildman–Crippen MR) is 101 cm³/mol. The number of carboxylic acid groups (broad SMARTS) is 1. The number of ketones is 1. The molecule has 0 fully saturated rings. The summed E-state index contributed by atoms with van der Waals surface area (Å²) in [7, 11) is 0. The summed E-state index contributed by atoms with van der Waals surface area (Å²) in [4.78, 5) is 23.1. The molecule has 0 atom stereocenters. The Labute approximate surface area is 148 Å². The van der Waals surface area contributed by atoms with Crippen molar-refractivity contribution >= 4 is 17.4 Å². The largest absolute Gasteiger partial charge is 0.478 e. The smallest absolute Gasteiger partial charge is 0.335 e. The molecule has 0 heterocycles. The molecule has 2 rings (SSSR count). The fourth-order valence-corrected chi connectivity index (χ4v) is 2.63. The van der Waals surface area contributed by atoms with Gasteiger partial charge in [0.15, 0.2) is 5.78 Å². The molecule has 0 saturated carbocycles. The van der Waals surface area contributed by atoms with Crippen molar-refractivity contribution in [1.82, 2.24) is 0 Å². The molecule has 0 saturated heterocycles. The van der Waals surface area contributed by atoms with E-state index in [9.17, 15) is 9.59 Å². The van der Waals surface area contributed by atoms with E-state index in [1.165, 1.54) is 43.4 Å². The molecule has 0 aliphatic carbocycles. The lowest BCUT2D eigenvalue weighted by molar-refractivity contribution is 0.0696. The van der Waals surface area contributed by atoms with Gasteiger partial charge in [0, 0.05) is 11.3 Å². The summed E-state index contributed by atoms with van der Waals surface area (Å²) in [5.74, 6) is -0.947. The van der Waals surface area contributed by atoms with Crippen molar-refractivity contribution in [3.8, 4) is 0 Å². The molecule has 2 aromatic carbocycles. The lowest BCUT2D eigenvalue weighted by atomic mass is 10.0. The van der Waals surface area contributed by atoms with Gasteiger partial charge in [0.05, 0.1) is 12.1 Å². The quantitative estimate of drug-likeness (QED) is 0.482. The maximum Gasteiger partial charge on any atom is 0.335 e. The Hall–Kier alpha value is -2.62. The molecule has 0 amide bonds. The zero-order chi connectivity index (χ0) is 18.1. The number of unbranched alkanes of at least 4 members (excludes halogenated alkanes) is 3. The third-order valence-corrected chi connectivity index (χ3v) is 4.18. The van der Waals surface area contributed by atoms with Crippen LogP contribution in [0.25, 0.3) is 0 Å². The SMILES string of the molecule is CCCCCCc1ccc(C(=O)CNc2ccc(C(=O)O)cc2)cc1. The van der Waals surface area contributed by atoms with Crippen molar-refractivity contribution in [2.24, 2.45) is 0 Å². The van der Waals surface area contributed by atoms with Gasteiger partial charge in [0.2, 0.25) is 0 Å². The number of Topliss-reactive ketones (excluding diaryl/α,β-unsaturated/α-hetero) is 1. The van der Waals surface area contributed by atoms with E-state index in [1.54, 1.807) is 12.1 Å². The summed E-state index contributed by atoms with van der Waals surface area (Å²) >= 11 is 0. The van der Waals surface area contributed by atoms with Gasteiger partial charge in [-0.3, -0.25) is 4.79 Å². The van der Waals surface area contributed by atoms with Crippen molar-refractivity contribution < 1.29 is 14.7 Å². The number of aryl methyl sites for hydroxylation is 1. The Morgan fingerprint density at radius 3 is 2.12 bits per heavy atom. The maximum absolute atomic E-state index is 12.2. The van der Waals surface area contributed by atoms with Gasteiger partial charge in [-0.2, -0.15) is 0 Å². The highest BCUT2D eigenvalue weighted by molar-refractivity contribution is 5.99. The fourth-order valence-electron chi connectivity index (χ4n) is 2.63. The molecular weight excluding hydrogens is 314 g/mol. The minimum Gasteiger partial charge on any atom is -0.478 e. The first-order valence-electron chi connectivity index (χ1n) is 8.79. The van der Waals surface area contributed by atoms with Gasteiger partial charge in [-0.1, -0.05) is 50.5 Å². The van der Waals surface area contributed by atoms with Crippen LogP contribution in [0.5, 0.6) is 0 Å². The molecule has 25 heavy (non-hydrogen) atoms. The van der Waals surface area contributed by atoms with E-state index < -0.39 is 5.97 Å². The van der Waals surface area contributed by atoms with Crippen LogP contribution in [0.2, 0.25) is 0 Å². The van der Waals surface area contributed by atoms with Crippen molar-refractivity contribution in [1.29, 1.82) is 0 Å². The monoisotopic (exact) mass is 339 g/mol. The molecule has 4 nitrogen and oxygen atoms in total. The molecular formula is C21H25NO3. The molecule has 4 heteroatoms. The van der Waals surface area contributed by atoms with Crippen LogP contribution in [0.4, 0.5) is 5.69 Å². The van der Waals surface area contributed by atoms with Gasteiger partial charge in [-0.25, -0.2) is 4.79 Å². The first-order valence-corrected chi connectivity index (χ1v) is 8.79. The summed E-state index contributed by atoms with van der Waals surface area (Å²) in [5, 5.41) is 11.9. The number of rotatable bonds is 10. The van der Waals surface area contributed by atoms with Crippen LogP contribution in [0.15, 0.2) is 48.5 Å². The van der Waals surface area contributed by atoms with Crippen LogP contribution in [0, 0.1) is 0 Å². The summed E-state index contributed by atoms with van der Waals surface area (Å²) in [5.41, 5.74) is 2.91. The number of aromatic carboxylic acids is 1. The summed E-state index contributed by atoms with van der Waals surface area (Å²) < 4.78 is 0. The molecule has 0 unspecified atom stereocenters. The lowest BCUT2D eigenvalue weighted by Gasteiger charge is -2.07. The molecule has 2 aromatic rings. The van der Waals surface area contributed by atoms with Gasteiger partial charge < -0.3 is 10.4 Å². The first-order chi connectivity index (χ1) is 12.1. The van der Waals surface area contributed by atoms with Crippen LogP contribution < -0.4 is 5.32 Å². The summed E-state index contributed by atoms with van der Waals surface area (Å²) in [6.07, 6.45) is 6.01. The van der Waals surface area contributed by atoms with E-state index in [2.05, 4.69) is 12.2 Å². The second kappa shape index (κ2) is 9.62. The number of carboxylic acids is 1. The topological polar surface area (TPSA) is 66.4 Å². The van der Waals surface area contributed by atoms with Crippen LogP contribution in [0.1, 0.15) is 58.9 Å². The Morgan fingerprint density at radius 2 is 1.52 bits per heavy atom. The molecule has 2 N–H and O–H groups in total. The maximum atomic E-state index is 12.2. The van der Waals surface area contributed by atoms with E-state index in [-0.39, 0.29) is 17.9 Å². The van der Waals surface area contributed by atoms with Crippen LogP contribution in [-0.2, 0) is 6.42 Å². The number of benzene rings is 2. The zero-order valence-corrected chi connectivity index (χ0v) is 14.6. The number of hydrogen-bond acceptors (Lipinski definition) is 3. The zero-order valence-electron chi connectivity index (χ0n) is 14.6. The van der Waals surface area contributed by atoms with Gasteiger partial charge in [0.25, 0.3) is 0 Å². The summed E-state index contributed by atoms with van der Waals surface area (Å²) in [6, 6.07) is 14.2. The number of hydrogen-bond donors (Lipinski definition) is 2. The Bertz CT molecular complexity index is 690. The standard InChI is InChI=1S/C21H25NO3/c1-2-3-4-5-6-16-7-9-17(10-8-16)20(23)15-22-19-13-11-18(12-14-19)21(24)25/h7-14,22H,2-6,15H2,1H3,(H,24,25). The van der Waals surface area contributed by atoms with Gasteiger partial charge in [0.1, 0.15) is 0 Å². The van der Waals surface area contributed by atoms with Crippen LogP contribution >= 0.6 is 0 Å². The second-order valence-corrected chi connectivity index (χ2v) is 6.17. The Balaban J connectivity index is 1.83. The van der Waals surface area contributed by atoms with Crippen molar-refractivity contribution in [3.05, 3.63) is 65.2 Å². The fraction of sp³-hybridized carbons (Fsp3) is 0.333. The van der Waals surface area contributed by atoms with Crippen molar-refractivity contribution in [2.45, 2.75) is 39.0 Å². The highest BCUT2D eigenvalue weighted by Crippen LogP contribution is 2.12. The molecule has 0 aliphatic heterocycles. The molecule has 0 bridgehead atoms. The minimum atomic E-state index is -0.961.